The van der Waals surface area contributed by atoms with E-state index in [0.717, 1.165) is 42.3 Å². The molecule has 0 saturated carbocycles. The molecule has 0 fully saturated rings. The second kappa shape index (κ2) is 6.05. The number of aromatic nitrogens is 3. The molecular formula is C15H20N4O. The molecule has 0 unspecified atom stereocenters. The summed E-state index contributed by atoms with van der Waals surface area (Å²) in [6.07, 6.45) is 4.25. The van der Waals surface area contributed by atoms with Gasteiger partial charge in [-0.1, -0.05) is 18.2 Å². The zero-order chi connectivity index (χ0) is 13.8. The van der Waals surface area contributed by atoms with Crippen molar-refractivity contribution in [1.82, 2.24) is 14.8 Å². The standard InChI is InChI=1S/C15H20N4O/c16-9-8-12-5-1-2-6-13(12)20-11-15-18-17-14-7-3-4-10-19(14)15/h1-2,5-6H,3-4,7-11,16H2. The van der Waals surface area contributed by atoms with Crippen LogP contribution in [0, 0.1) is 0 Å². The van der Waals surface area contributed by atoms with Crippen LogP contribution in [0.15, 0.2) is 24.3 Å². The Kier molecular flexibility index (Phi) is 3.97. The van der Waals surface area contributed by atoms with E-state index in [0.29, 0.717) is 13.2 Å². The highest BCUT2D eigenvalue weighted by Crippen LogP contribution is 2.20. The fraction of sp³-hybridized carbons (Fsp3) is 0.467. The summed E-state index contributed by atoms with van der Waals surface area (Å²) in [6.45, 7) is 2.10. The van der Waals surface area contributed by atoms with E-state index in [1.165, 1.54) is 12.8 Å². The molecule has 0 aliphatic carbocycles. The van der Waals surface area contributed by atoms with E-state index in [9.17, 15) is 0 Å². The maximum Gasteiger partial charge on any atom is 0.171 e. The summed E-state index contributed by atoms with van der Waals surface area (Å²) in [4.78, 5) is 0. The first-order valence-electron chi connectivity index (χ1n) is 7.20. The molecule has 1 aliphatic heterocycles. The average Bonchev–Trinajstić information content (AvgIpc) is 2.90. The van der Waals surface area contributed by atoms with Crippen molar-refractivity contribution in [2.45, 2.75) is 38.8 Å². The van der Waals surface area contributed by atoms with Crippen LogP contribution >= 0.6 is 0 Å². The number of nitrogens with zero attached hydrogens (tertiary/aromatic N) is 3. The maximum atomic E-state index is 5.92. The summed E-state index contributed by atoms with van der Waals surface area (Å²) < 4.78 is 8.11. The van der Waals surface area contributed by atoms with E-state index in [-0.39, 0.29) is 0 Å². The van der Waals surface area contributed by atoms with Crippen molar-refractivity contribution in [3.63, 3.8) is 0 Å². The van der Waals surface area contributed by atoms with Crippen LogP contribution < -0.4 is 10.5 Å². The first-order valence-corrected chi connectivity index (χ1v) is 7.20. The molecule has 0 radical (unpaired) electrons. The van der Waals surface area contributed by atoms with Crippen LogP contribution in [0.1, 0.15) is 30.1 Å². The lowest BCUT2D eigenvalue weighted by Gasteiger charge is -2.15. The molecule has 0 amide bonds. The van der Waals surface area contributed by atoms with Crippen LogP contribution in [0.4, 0.5) is 0 Å². The van der Waals surface area contributed by atoms with E-state index in [1.54, 1.807) is 0 Å². The Labute approximate surface area is 118 Å². The Bertz CT molecular complexity index is 579. The first kappa shape index (κ1) is 13.1. The molecule has 1 aromatic carbocycles. The van der Waals surface area contributed by atoms with Gasteiger partial charge in [0.15, 0.2) is 5.82 Å². The molecule has 2 aromatic rings. The summed E-state index contributed by atoms with van der Waals surface area (Å²) in [5.41, 5.74) is 6.78. The third-order valence-electron chi connectivity index (χ3n) is 3.68. The third-order valence-corrected chi connectivity index (χ3v) is 3.68. The number of aryl methyl sites for hydroxylation is 1. The van der Waals surface area contributed by atoms with Crippen LogP contribution in [-0.4, -0.2) is 21.3 Å². The van der Waals surface area contributed by atoms with E-state index < -0.39 is 0 Å². The lowest BCUT2D eigenvalue weighted by atomic mass is 10.1. The van der Waals surface area contributed by atoms with E-state index in [2.05, 4.69) is 20.8 Å². The topological polar surface area (TPSA) is 66.0 Å². The molecule has 20 heavy (non-hydrogen) atoms. The van der Waals surface area contributed by atoms with Gasteiger partial charge in [0.1, 0.15) is 18.2 Å². The fourth-order valence-corrected chi connectivity index (χ4v) is 2.62. The minimum Gasteiger partial charge on any atom is -0.485 e. The van der Waals surface area contributed by atoms with Crippen molar-refractivity contribution >= 4 is 0 Å². The van der Waals surface area contributed by atoms with Gasteiger partial charge in [-0.3, -0.25) is 0 Å². The lowest BCUT2D eigenvalue weighted by molar-refractivity contribution is 0.283. The predicted molar refractivity (Wildman–Crippen MR) is 76.5 cm³/mol. The minimum absolute atomic E-state index is 0.467. The van der Waals surface area contributed by atoms with Crippen molar-refractivity contribution in [2.75, 3.05) is 6.54 Å². The van der Waals surface area contributed by atoms with E-state index >= 15 is 0 Å². The number of rotatable bonds is 5. The average molecular weight is 272 g/mol. The third kappa shape index (κ3) is 2.67. The number of hydrogen-bond acceptors (Lipinski definition) is 4. The van der Waals surface area contributed by atoms with Crippen molar-refractivity contribution < 1.29 is 4.74 Å². The normalized spacial score (nSPS) is 14.1. The first-order chi connectivity index (χ1) is 9.88. The molecule has 1 aliphatic rings. The van der Waals surface area contributed by atoms with Gasteiger partial charge in [-0.15, -0.1) is 10.2 Å². The molecule has 5 nitrogen and oxygen atoms in total. The number of fused-ring (bicyclic) bond motifs is 1. The lowest BCUT2D eigenvalue weighted by Crippen LogP contribution is -2.15. The Morgan fingerprint density at radius 3 is 3.00 bits per heavy atom. The van der Waals surface area contributed by atoms with Gasteiger partial charge in [0, 0.05) is 13.0 Å². The zero-order valence-electron chi connectivity index (χ0n) is 11.6. The van der Waals surface area contributed by atoms with Crippen molar-refractivity contribution in [3.05, 3.63) is 41.5 Å². The van der Waals surface area contributed by atoms with Crippen LogP contribution in [0.2, 0.25) is 0 Å². The van der Waals surface area contributed by atoms with Crippen LogP contribution in [0.3, 0.4) is 0 Å². The Morgan fingerprint density at radius 1 is 1.20 bits per heavy atom. The number of benzene rings is 1. The summed E-state index contributed by atoms with van der Waals surface area (Å²) >= 11 is 0. The molecule has 0 saturated heterocycles. The van der Waals surface area contributed by atoms with Crippen LogP contribution in [0.25, 0.3) is 0 Å². The second-order valence-electron chi connectivity index (χ2n) is 5.08. The Balaban J connectivity index is 1.72. The van der Waals surface area contributed by atoms with Crippen molar-refractivity contribution in [1.29, 1.82) is 0 Å². The van der Waals surface area contributed by atoms with Gasteiger partial charge < -0.3 is 15.0 Å². The van der Waals surface area contributed by atoms with Gasteiger partial charge in [-0.05, 0) is 37.4 Å². The molecule has 1 aromatic heterocycles. The fourth-order valence-electron chi connectivity index (χ4n) is 2.62. The number of ether oxygens (including phenoxy) is 1. The highest BCUT2D eigenvalue weighted by molar-refractivity contribution is 5.33. The SMILES string of the molecule is NCCc1ccccc1OCc1nnc2n1CCCC2. The highest BCUT2D eigenvalue weighted by Gasteiger charge is 2.16. The van der Waals surface area contributed by atoms with Gasteiger partial charge in [-0.2, -0.15) is 0 Å². The smallest absolute Gasteiger partial charge is 0.171 e. The van der Waals surface area contributed by atoms with Crippen molar-refractivity contribution in [3.8, 4) is 5.75 Å². The van der Waals surface area contributed by atoms with Gasteiger partial charge >= 0.3 is 0 Å². The summed E-state index contributed by atoms with van der Waals surface area (Å²) in [5.74, 6) is 2.90. The maximum absolute atomic E-state index is 5.92. The van der Waals surface area contributed by atoms with E-state index in [1.807, 2.05) is 18.2 Å². The molecule has 3 rings (SSSR count). The van der Waals surface area contributed by atoms with Crippen molar-refractivity contribution in [2.24, 2.45) is 5.73 Å². The number of hydrogen-bond donors (Lipinski definition) is 1. The van der Waals surface area contributed by atoms with Gasteiger partial charge in [0.05, 0.1) is 0 Å². The minimum atomic E-state index is 0.467. The molecule has 0 bridgehead atoms. The second-order valence-corrected chi connectivity index (χ2v) is 5.08. The molecule has 2 heterocycles. The largest absolute Gasteiger partial charge is 0.485 e. The van der Waals surface area contributed by atoms with Crippen LogP contribution in [0.5, 0.6) is 5.75 Å². The summed E-state index contributed by atoms with van der Waals surface area (Å²) in [6, 6.07) is 8.03. The number of nitrogens with two attached hydrogens (primary N) is 1. The van der Waals surface area contributed by atoms with Gasteiger partial charge in [-0.25, -0.2) is 0 Å². The Morgan fingerprint density at radius 2 is 2.10 bits per heavy atom. The molecule has 0 atom stereocenters. The van der Waals surface area contributed by atoms with Gasteiger partial charge in [0.25, 0.3) is 0 Å². The van der Waals surface area contributed by atoms with Gasteiger partial charge in [0.2, 0.25) is 0 Å². The molecule has 2 N–H and O–H groups in total. The summed E-state index contributed by atoms with van der Waals surface area (Å²) in [5, 5.41) is 8.49. The zero-order valence-corrected chi connectivity index (χ0v) is 11.6. The molecular weight excluding hydrogens is 252 g/mol. The highest BCUT2D eigenvalue weighted by atomic mass is 16.5. The quantitative estimate of drug-likeness (QED) is 0.899. The predicted octanol–water partition coefficient (Wildman–Crippen LogP) is 1.69. The summed E-state index contributed by atoms with van der Waals surface area (Å²) in [7, 11) is 0. The molecule has 0 spiro atoms. The molecule has 106 valence electrons. The number of para-hydroxylation sites is 1. The monoisotopic (exact) mass is 272 g/mol. The van der Waals surface area contributed by atoms with Crippen LogP contribution in [-0.2, 0) is 26.0 Å². The molecule has 5 heteroatoms. The Hall–Kier alpha value is -1.88. The van der Waals surface area contributed by atoms with E-state index in [4.69, 9.17) is 10.5 Å².